The van der Waals surface area contributed by atoms with Crippen molar-refractivity contribution in [1.29, 1.82) is 0 Å². The van der Waals surface area contributed by atoms with E-state index in [1.807, 2.05) is 0 Å². The topological polar surface area (TPSA) is 108 Å². The number of halogens is 4. The molecule has 2 aromatic carbocycles. The van der Waals surface area contributed by atoms with Gasteiger partial charge in [-0.15, -0.1) is 0 Å². The maximum absolute atomic E-state index is 13.1. The van der Waals surface area contributed by atoms with Gasteiger partial charge in [-0.1, -0.05) is 11.6 Å². The van der Waals surface area contributed by atoms with Gasteiger partial charge in [-0.05, 0) is 67.3 Å². The highest BCUT2D eigenvalue weighted by molar-refractivity contribution is 7.92. The second kappa shape index (κ2) is 12.5. The maximum atomic E-state index is 13.1. The Morgan fingerprint density at radius 1 is 1.13 bits per heavy atom. The van der Waals surface area contributed by atoms with Crippen LogP contribution in [0.5, 0.6) is 5.75 Å². The molecule has 0 spiro atoms. The fraction of sp³-hybridized carbons (Fsp3) is 0.375. The summed E-state index contributed by atoms with van der Waals surface area (Å²) in [6, 6.07) is 8.67. The van der Waals surface area contributed by atoms with Gasteiger partial charge in [-0.3, -0.25) is 13.9 Å². The number of likely N-dealkylation sites (tertiary alicyclic amines) is 1. The van der Waals surface area contributed by atoms with E-state index in [1.165, 1.54) is 6.21 Å². The quantitative estimate of drug-likeness (QED) is 0.363. The van der Waals surface area contributed by atoms with Crippen molar-refractivity contribution in [2.75, 3.05) is 36.8 Å². The zero-order chi connectivity index (χ0) is 27.9. The van der Waals surface area contributed by atoms with Crippen molar-refractivity contribution in [3.63, 3.8) is 0 Å². The Bertz CT molecular complexity index is 1280. The SMILES string of the molecule is CS(=O)(=O)N(CC(=O)N/N=C\c1ccc(OCC(=O)N2CCCCC2)cc1)c1cc(C(F)(F)F)ccc1Cl. The molecule has 0 unspecified atom stereocenters. The Balaban J connectivity index is 1.58. The van der Waals surface area contributed by atoms with Crippen LogP contribution in [-0.4, -0.2) is 63.8 Å². The summed E-state index contributed by atoms with van der Waals surface area (Å²) in [6.45, 7) is 0.543. The van der Waals surface area contributed by atoms with Crippen molar-refractivity contribution in [2.24, 2.45) is 5.10 Å². The molecule has 0 saturated carbocycles. The first-order valence-corrected chi connectivity index (χ1v) is 13.7. The average Bonchev–Trinajstić information content (AvgIpc) is 2.86. The number of alkyl halides is 3. The molecule has 206 valence electrons. The summed E-state index contributed by atoms with van der Waals surface area (Å²) >= 11 is 5.94. The minimum absolute atomic E-state index is 0.0732. The van der Waals surface area contributed by atoms with E-state index in [9.17, 15) is 31.2 Å². The van der Waals surface area contributed by atoms with Crippen molar-refractivity contribution < 1.29 is 35.9 Å². The highest BCUT2D eigenvalue weighted by Gasteiger charge is 2.33. The van der Waals surface area contributed by atoms with E-state index in [0.29, 0.717) is 27.8 Å². The number of sulfonamides is 1. The zero-order valence-corrected chi connectivity index (χ0v) is 21.9. The molecule has 0 radical (unpaired) electrons. The normalized spacial score (nSPS) is 14.4. The maximum Gasteiger partial charge on any atom is 0.416 e. The van der Waals surface area contributed by atoms with Crippen LogP contribution in [0, 0.1) is 0 Å². The van der Waals surface area contributed by atoms with Crippen LogP contribution in [0.2, 0.25) is 5.02 Å². The van der Waals surface area contributed by atoms with Crippen LogP contribution in [0.25, 0.3) is 0 Å². The van der Waals surface area contributed by atoms with Crippen LogP contribution >= 0.6 is 11.6 Å². The van der Waals surface area contributed by atoms with Gasteiger partial charge in [0, 0.05) is 13.1 Å². The summed E-state index contributed by atoms with van der Waals surface area (Å²) in [5.41, 5.74) is 1.09. The van der Waals surface area contributed by atoms with Gasteiger partial charge < -0.3 is 9.64 Å². The van der Waals surface area contributed by atoms with Gasteiger partial charge in [0.2, 0.25) is 10.0 Å². The zero-order valence-electron chi connectivity index (χ0n) is 20.4. The summed E-state index contributed by atoms with van der Waals surface area (Å²) in [5.74, 6) is -0.512. The molecule has 1 aliphatic rings. The predicted molar refractivity (Wildman–Crippen MR) is 137 cm³/mol. The largest absolute Gasteiger partial charge is 0.484 e. The predicted octanol–water partition coefficient (Wildman–Crippen LogP) is 3.67. The van der Waals surface area contributed by atoms with E-state index < -0.39 is 39.9 Å². The van der Waals surface area contributed by atoms with Crippen molar-refractivity contribution >= 4 is 45.3 Å². The third kappa shape index (κ3) is 8.35. The van der Waals surface area contributed by atoms with Crippen LogP contribution < -0.4 is 14.5 Å². The second-order valence-corrected chi connectivity index (χ2v) is 10.8. The summed E-state index contributed by atoms with van der Waals surface area (Å²) in [6.07, 6.45) is 0.377. The number of carbonyl (C=O) groups excluding carboxylic acids is 2. The smallest absolute Gasteiger partial charge is 0.416 e. The van der Waals surface area contributed by atoms with Gasteiger partial charge in [-0.2, -0.15) is 18.3 Å². The van der Waals surface area contributed by atoms with Gasteiger partial charge in [0.1, 0.15) is 12.3 Å². The first-order valence-electron chi connectivity index (χ1n) is 11.5. The molecule has 1 heterocycles. The lowest BCUT2D eigenvalue weighted by Gasteiger charge is -2.26. The molecule has 2 amide bonds. The number of anilines is 1. The van der Waals surface area contributed by atoms with Gasteiger partial charge in [0.05, 0.1) is 28.7 Å². The summed E-state index contributed by atoms with van der Waals surface area (Å²) in [4.78, 5) is 26.3. The molecule has 1 N–H and O–H groups in total. The number of carbonyl (C=O) groups is 2. The van der Waals surface area contributed by atoms with E-state index in [0.717, 1.165) is 44.7 Å². The number of amides is 2. The number of nitrogens with one attached hydrogen (secondary N) is 1. The third-order valence-electron chi connectivity index (χ3n) is 5.58. The molecule has 0 aliphatic carbocycles. The first-order chi connectivity index (χ1) is 17.8. The van der Waals surface area contributed by atoms with Gasteiger partial charge >= 0.3 is 6.18 Å². The fourth-order valence-electron chi connectivity index (χ4n) is 3.64. The number of hydrogen-bond donors (Lipinski definition) is 1. The lowest BCUT2D eigenvalue weighted by Crippen LogP contribution is -2.39. The summed E-state index contributed by atoms with van der Waals surface area (Å²) in [7, 11) is -4.17. The molecule has 38 heavy (non-hydrogen) atoms. The second-order valence-electron chi connectivity index (χ2n) is 8.53. The Morgan fingerprint density at radius 3 is 2.39 bits per heavy atom. The van der Waals surface area contributed by atoms with E-state index in [4.69, 9.17) is 16.3 Å². The minimum Gasteiger partial charge on any atom is -0.484 e. The minimum atomic E-state index is -4.74. The van der Waals surface area contributed by atoms with Crippen LogP contribution in [0.1, 0.15) is 30.4 Å². The number of hydrazone groups is 1. The van der Waals surface area contributed by atoms with Crippen molar-refractivity contribution in [3.05, 3.63) is 58.6 Å². The Hall–Kier alpha value is -3.32. The molecule has 0 aromatic heterocycles. The number of benzene rings is 2. The van der Waals surface area contributed by atoms with Crippen molar-refractivity contribution in [3.8, 4) is 5.75 Å². The molecule has 3 rings (SSSR count). The molecule has 0 atom stereocenters. The molecule has 14 heteroatoms. The Morgan fingerprint density at radius 2 is 1.79 bits per heavy atom. The number of nitrogens with zero attached hydrogens (tertiary/aromatic N) is 3. The van der Waals surface area contributed by atoms with Crippen LogP contribution in [-0.2, 0) is 25.8 Å². The van der Waals surface area contributed by atoms with E-state index in [-0.39, 0.29) is 17.5 Å². The number of ether oxygens (including phenoxy) is 1. The summed E-state index contributed by atoms with van der Waals surface area (Å²) in [5, 5.41) is 3.48. The first kappa shape index (κ1) is 29.2. The lowest BCUT2D eigenvalue weighted by atomic mass is 10.1. The van der Waals surface area contributed by atoms with Crippen molar-refractivity contribution in [2.45, 2.75) is 25.4 Å². The lowest BCUT2D eigenvalue weighted by molar-refractivity contribution is -0.137. The van der Waals surface area contributed by atoms with E-state index in [2.05, 4.69) is 10.5 Å². The summed E-state index contributed by atoms with van der Waals surface area (Å²) < 4.78 is 69.7. The number of piperidine rings is 1. The molecule has 9 nitrogen and oxygen atoms in total. The highest BCUT2D eigenvalue weighted by Crippen LogP contribution is 2.36. The average molecular weight is 575 g/mol. The Labute approximate surface area is 223 Å². The third-order valence-corrected chi connectivity index (χ3v) is 7.03. The molecular formula is C24H26ClF3N4O5S. The van der Waals surface area contributed by atoms with Gasteiger partial charge in [0.15, 0.2) is 6.61 Å². The van der Waals surface area contributed by atoms with E-state index in [1.54, 1.807) is 29.2 Å². The van der Waals surface area contributed by atoms with Crippen molar-refractivity contribution in [1.82, 2.24) is 10.3 Å². The standard InChI is InChI=1S/C24H26ClF3N4O5S/c1-38(35,36)32(21-13-18(24(26,27)28)7-10-20(21)25)15-22(33)30-29-14-17-5-8-19(9-6-17)37-16-23(34)31-11-3-2-4-12-31/h5-10,13-14H,2-4,11-12,15-16H2,1H3,(H,30,33)/b29-14-. The molecule has 0 bridgehead atoms. The van der Waals surface area contributed by atoms with Gasteiger partial charge in [0.25, 0.3) is 11.8 Å². The van der Waals surface area contributed by atoms with Crippen LogP contribution in [0.4, 0.5) is 18.9 Å². The number of hydrogen-bond acceptors (Lipinski definition) is 6. The molecule has 1 fully saturated rings. The van der Waals surface area contributed by atoms with E-state index >= 15 is 0 Å². The van der Waals surface area contributed by atoms with Crippen LogP contribution in [0.3, 0.4) is 0 Å². The van der Waals surface area contributed by atoms with Gasteiger partial charge in [-0.25, -0.2) is 13.8 Å². The molecular weight excluding hydrogens is 549 g/mol. The highest BCUT2D eigenvalue weighted by atomic mass is 35.5. The fourth-order valence-corrected chi connectivity index (χ4v) is 4.77. The Kier molecular flexibility index (Phi) is 9.60. The van der Waals surface area contributed by atoms with Crippen LogP contribution in [0.15, 0.2) is 47.6 Å². The number of rotatable bonds is 9. The monoisotopic (exact) mass is 574 g/mol. The molecule has 1 aliphatic heterocycles. The molecule has 2 aromatic rings. The molecule has 1 saturated heterocycles.